The molecule has 1 aliphatic heterocycles. The van der Waals surface area contributed by atoms with Crippen molar-refractivity contribution in [1.29, 1.82) is 0 Å². The zero-order chi connectivity index (χ0) is 14.3. The molecule has 3 rings (SSSR count). The summed E-state index contributed by atoms with van der Waals surface area (Å²) < 4.78 is 0. The fraction of sp³-hybridized carbons (Fsp3) is 0.375. The topological polar surface area (TPSA) is 33.2 Å². The summed E-state index contributed by atoms with van der Waals surface area (Å²) in [4.78, 5) is 18.9. The molecule has 1 amide bonds. The van der Waals surface area contributed by atoms with Crippen molar-refractivity contribution < 1.29 is 4.79 Å². The number of carbonyl (C=O) groups excluding carboxylic acids is 1. The summed E-state index contributed by atoms with van der Waals surface area (Å²) in [6.45, 7) is 5.98. The van der Waals surface area contributed by atoms with Gasteiger partial charge in [0.1, 0.15) is 5.15 Å². The van der Waals surface area contributed by atoms with E-state index >= 15 is 0 Å². The molecule has 1 fully saturated rings. The van der Waals surface area contributed by atoms with Crippen LogP contribution in [0.3, 0.4) is 0 Å². The van der Waals surface area contributed by atoms with Gasteiger partial charge in [0, 0.05) is 18.5 Å². The van der Waals surface area contributed by atoms with E-state index < -0.39 is 0 Å². The normalized spacial score (nSPS) is 17.6. The van der Waals surface area contributed by atoms with Gasteiger partial charge in [0.2, 0.25) is 0 Å². The SMILES string of the molecule is CC1(C)CCN(C(=O)c2cc(Cl)nc3ccccc23)C1. The molecule has 0 spiro atoms. The lowest BCUT2D eigenvalue weighted by molar-refractivity contribution is 0.0780. The van der Waals surface area contributed by atoms with Gasteiger partial charge in [-0.1, -0.05) is 43.6 Å². The first kappa shape index (κ1) is 13.4. The molecule has 0 atom stereocenters. The number of likely N-dealkylation sites (tertiary alicyclic amines) is 1. The van der Waals surface area contributed by atoms with E-state index in [1.165, 1.54) is 0 Å². The summed E-state index contributed by atoms with van der Waals surface area (Å²) in [5.74, 6) is 0.0519. The molecule has 0 saturated carbocycles. The summed E-state index contributed by atoms with van der Waals surface area (Å²) in [6, 6.07) is 9.30. The van der Waals surface area contributed by atoms with Crippen LogP contribution < -0.4 is 0 Å². The Morgan fingerprint density at radius 1 is 1.35 bits per heavy atom. The molecule has 4 heteroatoms. The third kappa shape index (κ3) is 2.38. The Kier molecular flexibility index (Phi) is 3.17. The Labute approximate surface area is 123 Å². The smallest absolute Gasteiger partial charge is 0.254 e. The second-order valence-electron chi connectivity index (χ2n) is 6.15. The number of hydrogen-bond acceptors (Lipinski definition) is 2. The highest BCUT2D eigenvalue weighted by atomic mass is 35.5. The lowest BCUT2D eigenvalue weighted by Gasteiger charge is -2.20. The van der Waals surface area contributed by atoms with Crippen molar-refractivity contribution in [1.82, 2.24) is 9.88 Å². The minimum atomic E-state index is 0.0519. The highest BCUT2D eigenvalue weighted by Crippen LogP contribution is 2.31. The van der Waals surface area contributed by atoms with Crippen LogP contribution in [0.4, 0.5) is 0 Å². The molecular weight excluding hydrogens is 272 g/mol. The van der Waals surface area contributed by atoms with E-state index in [0.29, 0.717) is 10.7 Å². The van der Waals surface area contributed by atoms with Crippen molar-refractivity contribution in [3.63, 3.8) is 0 Å². The summed E-state index contributed by atoms with van der Waals surface area (Å²) in [5.41, 5.74) is 1.61. The molecular formula is C16H17ClN2O. The molecule has 0 unspecified atom stereocenters. The number of rotatable bonds is 1. The van der Waals surface area contributed by atoms with Gasteiger partial charge in [-0.05, 0) is 24.0 Å². The first-order chi connectivity index (χ1) is 9.46. The molecule has 1 aromatic heterocycles. The predicted octanol–water partition coefficient (Wildman–Crippen LogP) is 3.76. The summed E-state index contributed by atoms with van der Waals surface area (Å²) in [7, 11) is 0. The maximum absolute atomic E-state index is 12.7. The van der Waals surface area contributed by atoms with Gasteiger partial charge in [0.25, 0.3) is 5.91 Å². The predicted molar refractivity (Wildman–Crippen MR) is 81.1 cm³/mol. The lowest BCUT2D eigenvalue weighted by atomic mass is 9.93. The number of nitrogens with zero attached hydrogens (tertiary/aromatic N) is 2. The van der Waals surface area contributed by atoms with Crippen molar-refractivity contribution in [2.75, 3.05) is 13.1 Å². The lowest BCUT2D eigenvalue weighted by Crippen LogP contribution is -2.30. The van der Waals surface area contributed by atoms with Crippen molar-refractivity contribution in [3.05, 3.63) is 41.0 Å². The number of aromatic nitrogens is 1. The zero-order valence-corrected chi connectivity index (χ0v) is 12.4. The number of pyridine rings is 1. The standard InChI is InChI=1S/C16H17ClN2O/c1-16(2)7-8-19(10-16)15(20)12-9-14(17)18-13-6-4-3-5-11(12)13/h3-6,9H,7-8,10H2,1-2H3. The molecule has 1 aromatic carbocycles. The third-order valence-corrected chi connectivity index (χ3v) is 4.07. The van der Waals surface area contributed by atoms with Gasteiger partial charge in [0.05, 0.1) is 11.1 Å². The minimum absolute atomic E-state index is 0.0519. The fourth-order valence-electron chi connectivity index (χ4n) is 2.78. The van der Waals surface area contributed by atoms with Crippen LogP contribution in [0.1, 0.15) is 30.6 Å². The average molecular weight is 289 g/mol. The van der Waals surface area contributed by atoms with Crippen LogP contribution in [0.25, 0.3) is 10.9 Å². The number of benzene rings is 1. The van der Waals surface area contributed by atoms with Crippen molar-refractivity contribution >= 4 is 28.4 Å². The van der Waals surface area contributed by atoms with Crippen LogP contribution >= 0.6 is 11.6 Å². The number of fused-ring (bicyclic) bond motifs is 1. The van der Waals surface area contributed by atoms with E-state index in [1.807, 2.05) is 29.2 Å². The van der Waals surface area contributed by atoms with E-state index in [0.717, 1.165) is 30.4 Å². The van der Waals surface area contributed by atoms with Gasteiger partial charge in [0.15, 0.2) is 0 Å². The molecule has 0 bridgehead atoms. The zero-order valence-electron chi connectivity index (χ0n) is 11.7. The maximum Gasteiger partial charge on any atom is 0.254 e. The number of para-hydroxylation sites is 1. The Hall–Kier alpha value is -1.61. The second-order valence-corrected chi connectivity index (χ2v) is 6.54. The van der Waals surface area contributed by atoms with E-state index in [2.05, 4.69) is 18.8 Å². The molecule has 0 radical (unpaired) electrons. The van der Waals surface area contributed by atoms with Crippen molar-refractivity contribution in [2.45, 2.75) is 20.3 Å². The van der Waals surface area contributed by atoms with Gasteiger partial charge < -0.3 is 4.90 Å². The van der Waals surface area contributed by atoms with Gasteiger partial charge in [-0.25, -0.2) is 4.98 Å². The number of amides is 1. The van der Waals surface area contributed by atoms with Crippen LogP contribution in [0.2, 0.25) is 5.15 Å². The molecule has 104 valence electrons. The van der Waals surface area contributed by atoms with Crippen LogP contribution in [-0.4, -0.2) is 28.9 Å². The van der Waals surface area contributed by atoms with E-state index in [4.69, 9.17) is 11.6 Å². The van der Waals surface area contributed by atoms with E-state index in [-0.39, 0.29) is 11.3 Å². The first-order valence-corrected chi connectivity index (χ1v) is 7.19. The highest BCUT2D eigenvalue weighted by Gasteiger charge is 2.33. The van der Waals surface area contributed by atoms with Gasteiger partial charge >= 0.3 is 0 Å². The van der Waals surface area contributed by atoms with Crippen molar-refractivity contribution in [2.24, 2.45) is 5.41 Å². The first-order valence-electron chi connectivity index (χ1n) is 6.81. The fourth-order valence-corrected chi connectivity index (χ4v) is 2.98. The number of halogens is 1. The van der Waals surface area contributed by atoms with Crippen molar-refractivity contribution in [3.8, 4) is 0 Å². The average Bonchev–Trinajstić information content (AvgIpc) is 2.77. The molecule has 0 aliphatic carbocycles. The Bertz CT molecular complexity index is 681. The summed E-state index contributed by atoms with van der Waals surface area (Å²) in [5, 5.41) is 1.23. The second kappa shape index (κ2) is 4.74. The van der Waals surface area contributed by atoms with Crippen LogP contribution in [-0.2, 0) is 0 Å². The van der Waals surface area contributed by atoms with Gasteiger partial charge in [-0.3, -0.25) is 4.79 Å². The third-order valence-electron chi connectivity index (χ3n) is 3.88. The van der Waals surface area contributed by atoms with E-state index in [1.54, 1.807) is 6.07 Å². The van der Waals surface area contributed by atoms with E-state index in [9.17, 15) is 4.79 Å². The van der Waals surface area contributed by atoms with Crippen LogP contribution in [0, 0.1) is 5.41 Å². The Morgan fingerprint density at radius 3 is 2.80 bits per heavy atom. The Balaban J connectivity index is 2.04. The van der Waals surface area contributed by atoms with Gasteiger partial charge in [-0.15, -0.1) is 0 Å². The quantitative estimate of drug-likeness (QED) is 0.749. The molecule has 2 aromatic rings. The number of hydrogen-bond donors (Lipinski definition) is 0. The van der Waals surface area contributed by atoms with Crippen LogP contribution in [0.5, 0.6) is 0 Å². The van der Waals surface area contributed by atoms with Crippen LogP contribution in [0.15, 0.2) is 30.3 Å². The molecule has 20 heavy (non-hydrogen) atoms. The molecule has 0 N–H and O–H groups in total. The highest BCUT2D eigenvalue weighted by molar-refractivity contribution is 6.30. The number of carbonyl (C=O) groups is 1. The minimum Gasteiger partial charge on any atom is -0.338 e. The monoisotopic (exact) mass is 288 g/mol. The molecule has 2 heterocycles. The molecule has 3 nitrogen and oxygen atoms in total. The molecule has 1 saturated heterocycles. The molecule has 1 aliphatic rings. The maximum atomic E-state index is 12.7. The Morgan fingerprint density at radius 2 is 2.10 bits per heavy atom. The summed E-state index contributed by atoms with van der Waals surface area (Å²) in [6.07, 6.45) is 1.04. The largest absolute Gasteiger partial charge is 0.338 e. The van der Waals surface area contributed by atoms with Gasteiger partial charge in [-0.2, -0.15) is 0 Å². The summed E-state index contributed by atoms with van der Waals surface area (Å²) >= 11 is 6.05.